The maximum absolute atomic E-state index is 12.8. The number of carbonyl (C=O) groups excluding carboxylic acids is 2. The predicted octanol–water partition coefficient (Wildman–Crippen LogP) is 4.29. The van der Waals surface area contributed by atoms with Crippen LogP contribution in [0.2, 0.25) is 0 Å². The fourth-order valence-corrected chi connectivity index (χ4v) is 4.33. The fraction of sp³-hybridized carbons (Fsp3) is 0.333. The molecule has 1 saturated heterocycles. The molecule has 1 atom stereocenters. The zero-order valence-electron chi connectivity index (χ0n) is 15.7. The molecular weight excluding hydrogens is 362 g/mol. The Hall–Kier alpha value is -2.60. The summed E-state index contributed by atoms with van der Waals surface area (Å²) in [5.74, 6) is -0.665. The Kier molecular flexibility index (Phi) is 5.65. The first-order valence-corrected chi connectivity index (χ1v) is 9.84. The number of Topliss-reactive ketones (excluding diaryl/α,β-unsaturated/α-hetero) is 1. The summed E-state index contributed by atoms with van der Waals surface area (Å²) in [5, 5.41) is 12.9. The van der Waals surface area contributed by atoms with Gasteiger partial charge in [0.25, 0.3) is 11.7 Å². The van der Waals surface area contributed by atoms with Crippen molar-refractivity contribution >= 4 is 28.8 Å². The van der Waals surface area contributed by atoms with Gasteiger partial charge in [-0.05, 0) is 54.6 Å². The van der Waals surface area contributed by atoms with E-state index in [1.54, 1.807) is 36.3 Å². The van der Waals surface area contributed by atoms with Gasteiger partial charge < -0.3 is 14.7 Å². The van der Waals surface area contributed by atoms with Gasteiger partial charge >= 0.3 is 0 Å². The van der Waals surface area contributed by atoms with Crippen LogP contribution in [-0.2, 0) is 9.59 Å². The molecule has 142 valence electrons. The van der Waals surface area contributed by atoms with E-state index in [0.717, 1.165) is 23.3 Å². The first-order valence-electron chi connectivity index (χ1n) is 8.96. The van der Waals surface area contributed by atoms with E-state index in [1.807, 2.05) is 25.3 Å². The van der Waals surface area contributed by atoms with E-state index < -0.39 is 17.7 Å². The topological polar surface area (TPSA) is 66.8 Å². The van der Waals surface area contributed by atoms with E-state index in [1.165, 1.54) is 11.3 Å². The van der Waals surface area contributed by atoms with Gasteiger partial charge in [-0.1, -0.05) is 13.3 Å². The molecule has 1 N–H and O–H groups in total. The lowest BCUT2D eigenvalue weighted by Crippen LogP contribution is -2.30. The molecule has 6 heteroatoms. The third-order valence-corrected chi connectivity index (χ3v) is 5.88. The van der Waals surface area contributed by atoms with Crippen molar-refractivity contribution in [2.75, 3.05) is 13.7 Å². The second kappa shape index (κ2) is 7.96. The van der Waals surface area contributed by atoms with Gasteiger partial charge in [0.2, 0.25) is 0 Å². The molecule has 5 nitrogen and oxygen atoms in total. The molecule has 1 aliphatic rings. The standard InChI is InChI=1S/C21H23NO4S/c1-4-5-11-22-17(20-13(2)10-12-27-20)16(19(24)21(22)25)18(23)14-6-8-15(26-3)9-7-14/h6-10,12,17,23H,4-5,11H2,1-3H3/b18-16-. The van der Waals surface area contributed by atoms with Crippen molar-refractivity contribution in [1.82, 2.24) is 4.90 Å². The second-order valence-electron chi connectivity index (χ2n) is 6.54. The number of aryl methyl sites for hydroxylation is 1. The van der Waals surface area contributed by atoms with Crippen LogP contribution < -0.4 is 4.74 Å². The quantitative estimate of drug-likeness (QED) is 0.458. The highest BCUT2D eigenvalue weighted by molar-refractivity contribution is 7.10. The van der Waals surface area contributed by atoms with Crippen molar-refractivity contribution in [2.45, 2.75) is 32.7 Å². The van der Waals surface area contributed by atoms with Crippen LogP contribution in [0.4, 0.5) is 0 Å². The van der Waals surface area contributed by atoms with Gasteiger partial charge in [0.1, 0.15) is 11.5 Å². The highest BCUT2D eigenvalue weighted by atomic mass is 32.1. The number of ether oxygens (including phenoxy) is 1. The van der Waals surface area contributed by atoms with Crippen LogP contribution in [0.25, 0.3) is 5.76 Å². The number of unbranched alkanes of at least 4 members (excludes halogenated alkanes) is 1. The third-order valence-electron chi connectivity index (χ3n) is 4.81. The average molecular weight is 385 g/mol. The Morgan fingerprint density at radius 2 is 1.93 bits per heavy atom. The van der Waals surface area contributed by atoms with Crippen molar-refractivity contribution in [3.63, 3.8) is 0 Å². The highest BCUT2D eigenvalue weighted by Crippen LogP contribution is 2.42. The molecule has 1 aliphatic heterocycles. The molecular formula is C21H23NO4S. The van der Waals surface area contributed by atoms with Crippen LogP contribution in [0.3, 0.4) is 0 Å². The molecule has 3 rings (SSSR count). The van der Waals surface area contributed by atoms with Crippen LogP contribution in [0.1, 0.15) is 41.8 Å². The van der Waals surface area contributed by atoms with Crippen LogP contribution in [-0.4, -0.2) is 35.4 Å². The normalized spacial score (nSPS) is 18.9. The molecule has 0 radical (unpaired) electrons. The summed E-state index contributed by atoms with van der Waals surface area (Å²) in [7, 11) is 1.56. The summed E-state index contributed by atoms with van der Waals surface area (Å²) in [6.45, 7) is 4.49. The zero-order chi connectivity index (χ0) is 19.6. The minimum Gasteiger partial charge on any atom is -0.507 e. The van der Waals surface area contributed by atoms with Gasteiger partial charge in [-0.3, -0.25) is 9.59 Å². The Morgan fingerprint density at radius 3 is 2.48 bits per heavy atom. The van der Waals surface area contributed by atoms with Crippen molar-refractivity contribution in [1.29, 1.82) is 0 Å². The number of aliphatic hydroxyl groups excluding tert-OH is 1. The lowest BCUT2D eigenvalue weighted by Gasteiger charge is -2.24. The number of nitrogens with zero attached hydrogens (tertiary/aromatic N) is 1. The van der Waals surface area contributed by atoms with Crippen molar-refractivity contribution in [3.8, 4) is 5.75 Å². The number of ketones is 1. The molecule has 0 bridgehead atoms. The molecule has 1 fully saturated rings. The van der Waals surface area contributed by atoms with Crippen LogP contribution in [0, 0.1) is 6.92 Å². The Labute approximate surface area is 162 Å². The van der Waals surface area contributed by atoms with Crippen LogP contribution in [0.15, 0.2) is 41.3 Å². The number of aliphatic hydroxyl groups is 1. The van der Waals surface area contributed by atoms with Crippen molar-refractivity contribution < 1.29 is 19.4 Å². The summed E-state index contributed by atoms with van der Waals surface area (Å²) in [6.07, 6.45) is 1.72. The molecule has 1 aromatic heterocycles. The lowest BCUT2D eigenvalue weighted by atomic mass is 9.98. The van der Waals surface area contributed by atoms with Gasteiger partial charge in [0.15, 0.2) is 0 Å². The molecule has 1 amide bonds. The molecule has 0 spiro atoms. The van der Waals surface area contributed by atoms with E-state index in [4.69, 9.17) is 4.74 Å². The summed E-state index contributed by atoms with van der Waals surface area (Å²) in [6, 6.07) is 8.23. The molecule has 27 heavy (non-hydrogen) atoms. The number of thiophene rings is 1. The summed E-state index contributed by atoms with van der Waals surface area (Å²) in [4.78, 5) is 28.0. The molecule has 0 aliphatic carbocycles. The highest BCUT2D eigenvalue weighted by Gasteiger charge is 2.46. The monoisotopic (exact) mass is 385 g/mol. The van der Waals surface area contributed by atoms with Gasteiger partial charge in [-0.2, -0.15) is 0 Å². The number of methoxy groups -OCH3 is 1. The first kappa shape index (κ1) is 19.2. The molecule has 2 aromatic rings. The van der Waals surface area contributed by atoms with Crippen molar-refractivity contribution in [2.24, 2.45) is 0 Å². The predicted molar refractivity (Wildman–Crippen MR) is 106 cm³/mol. The zero-order valence-corrected chi connectivity index (χ0v) is 16.5. The van der Waals surface area contributed by atoms with Gasteiger partial charge in [0, 0.05) is 17.0 Å². The largest absolute Gasteiger partial charge is 0.507 e. The average Bonchev–Trinajstić information content (AvgIpc) is 3.21. The van der Waals surface area contributed by atoms with E-state index in [-0.39, 0.29) is 11.3 Å². The second-order valence-corrected chi connectivity index (χ2v) is 7.49. The molecule has 1 aromatic carbocycles. The third kappa shape index (κ3) is 3.49. The summed E-state index contributed by atoms with van der Waals surface area (Å²) in [5.41, 5.74) is 1.66. The van der Waals surface area contributed by atoms with E-state index in [9.17, 15) is 14.7 Å². The van der Waals surface area contributed by atoms with E-state index in [2.05, 4.69) is 0 Å². The van der Waals surface area contributed by atoms with E-state index >= 15 is 0 Å². The van der Waals surface area contributed by atoms with E-state index in [0.29, 0.717) is 17.9 Å². The number of amides is 1. The SMILES string of the molecule is CCCCN1C(=O)C(=O)/C(=C(\O)c2ccc(OC)cc2)C1c1sccc1C. The summed E-state index contributed by atoms with van der Waals surface area (Å²) >= 11 is 1.50. The smallest absolute Gasteiger partial charge is 0.295 e. The number of carbonyl (C=O) groups is 2. The van der Waals surface area contributed by atoms with Gasteiger partial charge in [-0.15, -0.1) is 11.3 Å². The van der Waals surface area contributed by atoms with Crippen LogP contribution in [0.5, 0.6) is 5.75 Å². The number of rotatable bonds is 6. The number of hydrogen-bond acceptors (Lipinski definition) is 5. The Morgan fingerprint density at radius 1 is 1.22 bits per heavy atom. The molecule has 0 saturated carbocycles. The minimum absolute atomic E-state index is 0.146. The van der Waals surface area contributed by atoms with Crippen LogP contribution >= 0.6 is 11.3 Å². The Balaban J connectivity index is 2.13. The molecule has 1 unspecified atom stereocenters. The maximum atomic E-state index is 12.8. The van der Waals surface area contributed by atoms with Gasteiger partial charge in [-0.25, -0.2) is 0 Å². The Bertz CT molecular complexity index is 882. The fourth-order valence-electron chi connectivity index (χ4n) is 3.28. The number of hydrogen-bond donors (Lipinski definition) is 1. The maximum Gasteiger partial charge on any atom is 0.295 e. The summed E-state index contributed by atoms with van der Waals surface area (Å²) < 4.78 is 5.14. The minimum atomic E-state index is -0.628. The first-order chi connectivity index (χ1) is 13.0. The molecule has 2 heterocycles. The lowest BCUT2D eigenvalue weighted by molar-refractivity contribution is -0.139. The van der Waals surface area contributed by atoms with Crippen molar-refractivity contribution in [3.05, 3.63) is 57.3 Å². The number of likely N-dealkylation sites (tertiary alicyclic amines) is 1. The van der Waals surface area contributed by atoms with Gasteiger partial charge in [0.05, 0.1) is 18.7 Å². The number of benzene rings is 1.